The largest absolute Gasteiger partial charge is 0.300 e. The third-order valence-electron chi connectivity index (χ3n) is 2.13. The van der Waals surface area contributed by atoms with E-state index >= 15 is 0 Å². The zero-order chi connectivity index (χ0) is 11.1. The van der Waals surface area contributed by atoms with Crippen LogP contribution < -0.4 is 5.90 Å². The number of sulfone groups is 1. The molecule has 0 atom stereocenters. The first kappa shape index (κ1) is 10.8. The number of hydrogen-bond donors (Lipinski definition) is 1. The van der Waals surface area contributed by atoms with Gasteiger partial charge in [0.25, 0.3) is 0 Å². The second-order valence-electron chi connectivity index (χ2n) is 3.14. The van der Waals surface area contributed by atoms with E-state index in [0.717, 1.165) is 4.47 Å². The molecule has 0 saturated carbocycles. The molecule has 1 aliphatic rings. The lowest BCUT2D eigenvalue weighted by atomic mass is 10.1. The maximum absolute atomic E-state index is 11.7. The molecule has 2 N–H and O–H groups in total. The molecule has 1 aliphatic heterocycles. The number of rotatable bonds is 2. The highest BCUT2D eigenvalue weighted by Gasteiger charge is 2.26. The minimum atomic E-state index is -3.33. The molecule has 0 aromatic heterocycles. The normalized spacial score (nSPS) is 17.3. The van der Waals surface area contributed by atoms with Crippen LogP contribution in [0.25, 0.3) is 5.57 Å². The first-order valence-electron chi connectivity index (χ1n) is 4.12. The molecule has 1 heterocycles. The van der Waals surface area contributed by atoms with Gasteiger partial charge in [-0.1, -0.05) is 22.0 Å². The molecule has 15 heavy (non-hydrogen) atoms. The van der Waals surface area contributed by atoms with E-state index in [9.17, 15) is 8.42 Å². The lowest BCUT2D eigenvalue weighted by molar-refractivity contribution is 0.173. The molecule has 1 aromatic carbocycles. The molecule has 0 radical (unpaired) electrons. The van der Waals surface area contributed by atoms with Crippen molar-refractivity contribution < 1.29 is 13.3 Å². The summed E-state index contributed by atoms with van der Waals surface area (Å²) in [7, 11) is -3.33. The van der Waals surface area contributed by atoms with Gasteiger partial charge in [0.15, 0.2) is 0 Å². The summed E-state index contributed by atoms with van der Waals surface area (Å²) < 4.78 is 24.1. The van der Waals surface area contributed by atoms with Crippen molar-refractivity contribution in [2.45, 2.75) is 4.90 Å². The van der Waals surface area contributed by atoms with Gasteiger partial charge < -0.3 is 0 Å². The van der Waals surface area contributed by atoms with Gasteiger partial charge in [0, 0.05) is 9.88 Å². The second-order valence-corrected chi connectivity index (χ2v) is 5.82. The highest BCUT2D eigenvalue weighted by Crippen LogP contribution is 2.34. The molecule has 2 rings (SSSR count). The van der Waals surface area contributed by atoms with Crippen LogP contribution in [0.15, 0.2) is 33.0 Å². The van der Waals surface area contributed by atoms with E-state index in [1.165, 1.54) is 5.41 Å². The van der Waals surface area contributed by atoms with Gasteiger partial charge in [-0.25, -0.2) is 14.3 Å². The average molecular weight is 290 g/mol. The van der Waals surface area contributed by atoms with Crippen LogP contribution in [-0.4, -0.2) is 15.0 Å². The Morgan fingerprint density at radius 1 is 1.40 bits per heavy atom. The molecule has 0 fully saturated rings. The topological polar surface area (TPSA) is 69.4 Å². The molecular formula is C9H8BrNO3S. The van der Waals surface area contributed by atoms with Gasteiger partial charge >= 0.3 is 0 Å². The van der Waals surface area contributed by atoms with Gasteiger partial charge in [0.1, 0.15) is 0 Å². The van der Waals surface area contributed by atoms with E-state index < -0.39 is 9.84 Å². The minimum absolute atomic E-state index is 0.0911. The quantitative estimate of drug-likeness (QED) is 0.837. The molecule has 1 aromatic rings. The van der Waals surface area contributed by atoms with E-state index in [0.29, 0.717) is 16.0 Å². The van der Waals surface area contributed by atoms with Crippen molar-refractivity contribution in [3.63, 3.8) is 0 Å². The number of fused-ring (bicyclic) bond motifs is 1. The Bertz CT molecular complexity index is 536. The third kappa shape index (κ3) is 1.85. The van der Waals surface area contributed by atoms with Crippen molar-refractivity contribution in [2.75, 3.05) is 6.61 Å². The predicted molar refractivity (Wildman–Crippen MR) is 59.4 cm³/mol. The first-order valence-corrected chi connectivity index (χ1v) is 6.46. The fraction of sp³-hybridized carbons (Fsp3) is 0.111. The fourth-order valence-electron chi connectivity index (χ4n) is 1.51. The summed E-state index contributed by atoms with van der Waals surface area (Å²) in [6.45, 7) is 0.0911. The Labute approximate surface area is 95.7 Å². The van der Waals surface area contributed by atoms with Crippen LogP contribution in [-0.2, 0) is 14.7 Å². The van der Waals surface area contributed by atoms with Gasteiger partial charge in [0.2, 0.25) is 9.84 Å². The van der Waals surface area contributed by atoms with Crippen molar-refractivity contribution in [1.29, 1.82) is 0 Å². The van der Waals surface area contributed by atoms with Gasteiger partial charge in [-0.2, -0.15) is 0 Å². The van der Waals surface area contributed by atoms with E-state index in [-0.39, 0.29) is 6.61 Å². The highest BCUT2D eigenvalue weighted by molar-refractivity contribution is 9.10. The van der Waals surface area contributed by atoms with Gasteiger partial charge in [-0.05, 0) is 23.3 Å². The van der Waals surface area contributed by atoms with Crippen molar-refractivity contribution >= 4 is 31.3 Å². The molecule has 6 heteroatoms. The van der Waals surface area contributed by atoms with Crippen molar-refractivity contribution in [1.82, 2.24) is 0 Å². The van der Waals surface area contributed by atoms with E-state index in [1.807, 2.05) is 0 Å². The standard InChI is InChI=1S/C9H8BrNO3S/c10-7-1-2-8-6(4-14-11)5-15(12,13)9(8)3-7/h1-3,5H,4,11H2. The Kier molecular flexibility index (Phi) is 2.68. The summed E-state index contributed by atoms with van der Waals surface area (Å²) in [5.74, 6) is 4.94. The van der Waals surface area contributed by atoms with Gasteiger partial charge in [-0.3, -0.25) is 4.84 Å². The van der Waals surface area contributed by atoms with Crippen LogP contribution in [0.3, 0.4) is 0 Å². The van der Waals surface area contributed by atoms with Crippen LogP contribution in [0.4, 0.5) is 0 Å². The minimum Gasteiger partial charge on any atom is -0.300 e. The molecule has 0 amide bonds. The third-order valence-corrected chi connectivity index (χ3v) is 4.17. The number of hydrogen-bond acceptors (Lipinski definition) is 4. The number of halogens is 1. The molecule has 80 valence electrons. The molecule has 4 nitrogen and oxygen atoms in total. The maximum Gasteiger partial charge on any atom is 0.200 e. The summed E-state index contributed by atoms with van der Waals surface area (Å²) in [5.41, 5.74) is 1.24. The molecule has 0 spiro atoms. The van der Waals surface area contributed by atoms with Crippen LogP contribution in [0.1, 0.15) is 5.56 Å². The zero-order valence-corrected chi connectivity index (χ0v) is 10.0. The summed E-state index contributed by atoms with van der Waals surface area (Å²) in [6, 6.07) is 5.09. The second kappa shape index (κ2) is 3.71. The molecule has 0 unspecified atom stereocenters. The zero-order valence-electron chi connectivity index (χ0n) is 7.60. The summed E-state index contributed by atoms with van der Waals surface area (Å²) in [6.07, 6.45) is 0. The van der Waals surface area contributed by atoms with Crippen molar-refractivity contribution in [3.8, 4) is 0 Å². The maximum atomic E-state index is 11.7. The number of nitrogens with two attached hydrogens (primary N) is 1. The summed E-state index contributed by atoms with van der Waals surface area (Å²) >= 11 is 3.23. The SMILES string of the molecule is NOCC1=CS(=O)(=O)c2cc(Br)ccc21. The lowest BCUT2D eigenvalue weighted by Gasteiger charge is -2.02. The van der Waals surface area contributed by atoms with E-state index in [1.54, 1.807) is 18.2 Å². The molecule has 0 bridgehead atoms. The average Bonchev–Trinajstić information content (AvgIpc) is 2.39. The fourth-order valence-corrected chi connectivity index (χ4v) is 3.52. The molecular weight excluding hydrogens is 282 g/mol. The Balaban J connectivity index is 2.62. The van der Waals surface area contributed by atoms with Gasteiger partial charge in [0.05, 0.1) is 11.5 Å². The van der Waals surface area contributed by atoms with Crippen LogP contribution in [0, 0.1) is 0 Å². The number of benzene rings is 1. The molecule has 0 saturated heterocycles. The van der Waals surface area contributed by atoms with Crippen LogP contribution >= 0.6 is 15.9 Å². The predicted octanol–water partition coefficient (Wildman–Crippen LogP) is 1.47. The Hall–Kier alpha value is -0.690. The smallest absolute Gasteiger partial charge is 0.200 e. The van der Waals surface area contributed by atoms with Crippen LogP contribution in [0.5, 0.6) is 0 Å². The van der Waals surface area contributed by atoms with E-state index in [2.05, 4.69) is 20.8 Å². The van der Waals surface area contributed by atoms with Gasteiger partial charge in [-0.15, -0.1) is 0 Å². The Morgan fingerprint density at radius 2 is 2.13 bits per heavy atom. The summed E-state index contributed by atoms with van der Waals surface area (Å²) in [4.78, 5) is 4.76. The van der Waals surface area contributed by atoms with Crippen molar-refractivity contribution in [2.24, 2.45) is 5.90 Å². The first-order chi connectivity index (χ1) is 7.04. The lowest BCUT2D eigenvalue weighted by Crippen LogP contribution is -2.02. The van der Waals surface area contributed by atoms with Crippen LogP contribution in [0.2, 0.25) is 0 Å². The monoisotopic (exact) mass is 289 g/mol. The van der Waals surface area contributed by atoms with Crippen molar-refractivity contribution in [3.05, 3.63) is 33.6 Å². The summed E-state index contributed by atoms with van der Waals surface area (Å²) in [5, 5.41) is 1.19. The van der Waals surface area contributed by atoms with E-state index in [4.69, 9.17) is 5.90 Å². The molecule has 0 aliphatic carbocycles. The Morgan fingerprint density at radius 3 is 2.80 bits per heavy atom. The highest BCUT2D eigenvalue weighted by atomic mass is 79.9.